The molecule has 1 atom stereocenters. The van der Waals surface area contributed by atoms with Gasteiger partial charge in [-0.05, 0) is 31.0 Å². The molecule has 0 amide bonds. The lowest BCUT2D eigenvalue weighted by Crippen LogP contribution is -2.44. The van der Waals surface area contributed by atoms with Crippen molar-refractivity contribution in [3.8, 4) is 5.75 Å². The van der Waals surface area contributed by atoms with Gasteiger partial charge in [0.25, 0.3) is 0 Å². The summed E-state index contributed by atoms with van der Waals surface area (Å²) in [6.45, 7) is 3.78. The SMILES string of the molecule is C=C(C)C(=O)Oc1ccc(CC(CC(=O)O)N(CC(=O)O)CC(=O)O)cc1. The third kappa shape index (κ3) is 8.15. The van der Waals surface area contributed by atoms with Crippen LogP contribution in [0.3, 0.4) is 0 Å². The Hall–Kier alpha value is -3.20. The molecule has 1 rings (SSSR count). The lowest BCUT2D eigenvalue weighted by Gasteiger charge is -2.28. The van der Waals surface area contributed by atoms with Gasteiger partial charge in [-0.3, -0.25) is 19.3 Å². The summed E-state index contributed by atoms with van der Waals surface area (Å²) in [5, 5.41) is 27.0. The molecule has 3 N–H and O–H groups in total. The van der Waals surface area contributed by atoms with Crippen LogP contribution in [0.4, 0.5) is 0 Å². The molecule has 27 heavy (non-hydrogen) atoms. The summed E-state index contributed by atoms with van der Waals surface area (Å²) in [6, 6.07) is 5.36. The van der Waals surface area contributed by atoms with Gasteiger partial charge in [-0.25, -0.2) is 4.79 Å². The fourth-order valence-electron chi connectivity index (χ4n) is 2.35. The number of rotatable bonds is 11. The first-order chi connectivity index (χ1) is 12.6. The van der Waals surface area contributed by atoms with E-state index < -0.39 is 49.4 Å². The highest BCUT2D eigenvalue weighted by Crippen LogP contribution is 2.18. The Labute approximate surface area is 155 Å². The van der Waals surface area contributed by atoms with Gasteiger partial charge in [0.2, 0.25) is 0 Å². The Morgan fingerprint density at radius 2 is 1.52 bits per heavy atom. The van der Waals surface area contributed by atoms with Crippen molar-refractivity contribution in [1.82, 2.24) is 4.90 Å². The van der Waals surface area contributed by atoms with Crippen molar-refractivity contribution in [1.29, 1.82) is 0 Å². The lowest BCUT2D eigenvalue weighted by atomic mass is 10.0. The molecular formula is C18H21NO8. The summed E-state index contributed by atoms with van der Waals surface area (Å²) in [7, 11) is 0. The first-order valence-electron chi connectivity index (χ1n) is 7.94. The molecule has 1 aromatic rings. The monoisotopic (exact) mass is 379 g/mol. The van der Waals surface area contributed by atoms with E-state index in [9.17, 15) is 19.2 Å². The Bertz CT molecular complexity index is 709. The number of hydrogen-bond donors (Lipinski definition) is 3. The smallest absolute Gasteiger partial charge is 0.338 e. The highest BCUT2D eigenvalue weighted by atomic mass is 16.5. The predicted molar refractivity (Wildman–Crippen MR) is 93.5 cm³/mol. The topological polar surface area (TPSA) is 141 Å². The van der Waals surface area contributed by atoms with Crippen molar-refractivity contribution in [2.24, 2.45) is 0 Å². The number of carboxylic acids is 3. The minimum atomic E-state index is -1.26. The Morgan fingerprint density at radius 3 is 1.93 bits per heavy atom. The number of hydrogen-bond acceptors (Lipinski definition) is 6. The van der Waals surface area contributed by atoms with Gasteiger partial charge in [0.15, 0.2) is 0 Å². The second-order valence-corrected chi connectivity index (χ2v) is 5.96. The maximum atomic E-state index is 11.5. The van der Waals surface area contributed by atoms with Gasteiger partial charge in [-0.1, -0.05) is 18.7 Å². The van der Waals surface area contributed by atoms with E-state index in [0.717, 1.165) is 4.90 Å². The molecule has 0 bridgehead atoms. The maximum Gasteiger partial charge on any atom is 0.338 e. The number of carbonyl (C=O) groups is 4. The number of aliphatic carboxylic acids is 3. The van der Waals surface area contributed by atoms with Crippen LogP contribution in [0.1, 0.15) is 18.9 Å². The zero-order chi connectivity index (χ0) is 20.6. The molecule has 0 aromatic heterocycles. The van der Waals surface area contributed by atoms with Crippen LogP contribution >= 0.6 is 0 Å². The summed E-state index contributed by atoms with van der Waals surface area (Å²) in [6.07, 6.45) is -0.311. The van der Waals surface area contributed by atoms with Crippen LogP contribution in [0, 0.1) is 0 Å². The van der Waals surface area contributed by atoms with E-state index in [1.807, 2.05) is 0 Å². The fourth-order valence-corrected chi connectivity index (χ4v) is 2.35. The minimum Gasteiger partial charge on any atom is -0.481 e. The normalized spacial score (nSPS) is 11.6. The van der Waals surface area contributed by atoms with Gasteiger partial charge >= 0.3 is 23.9 Å². The highest BCUT2D eigenvalue weighted by Gasteiger charge is 2.25. The number of nitrogens with zero attached hydrogens (tertiary/aromatic N) is 1. The largest absolute Gasteiger partial charge is 0.481 e. The van der Waals surface area contributed by atoms with Crippen molar-refractivity contribution in [2.45, 2.75) is 25.8 Å². The minimum absolute atomic E-state index is 0.113. The molecule has 0 saturated heterocycles. The number of carbonyl (C=O) groups excluding carboxylic acids is 1. The molecule has 0 fully saturated rings. The molecule has 146 valence electrons. The molecule has 0 spiro atoms. The maximum absolute atomic E-state index is 11.5. The Balaban J connectivity index is 2.95. The third-order valence-corrected chi connectivity index (χ3v) is 3.56. The zero-order valence-electron chi connectivity index (χ0n) is 14.8. The molecule has 0 aliphatic heterocycles. The van der Waals surface area contributed by atoms with Gasteiger partial charge in [0, 0.05) is 11.6 Å². The molecule has 0 saturated carbocycles. The summed E-state index contributed by atoms with van der Waals surface area (Å²) >= 11 is 0. The van der Waals surface area contributed by atoms with E-state index in [4.69, 9.17) is 20.1 Å². The summed E-state index contributed by atoms with van der Waals surface area (Å²) in [4.78, 5) is 45.7. The first kappa shape index (κ1) is 21.8. The van der Waals surface area contributed by atoms with E-state index in [2.05, 4.69) is 6.58 Å². The molecule has 0 heterocycles. The van der Waals surface area contributed by atoms with E-state index >= 15 is 0 Å². The van der Waals surface area contributed by atoms with E-state index in [1.165, 1.54) is 19.1 Å². The van der Waals surface area contributed by atoms with Crippen LogP contribution in [-0.2, 0) is 25.6 Å². The summed E-state index contributed by atoms with van der Waals surface area (Å²) in [5.41, 5.74) is 0.871. The van der Waals surface area contributed by atoms with Crippen molar-refractivity contribution < 1.29 is 39.2 Å². The van der Waals surface area contributed by atoms with Gasteiger partial charge in [0.1, 0.15) is 5.75 Å². The molecule has 9 nitrogen and oxygen atoms in total. The van der Waals surface area contributed by atoms with Gasteiger partial charge in [-0.2, -0.15) is 0 Å². The standard InChI is InChI=1S/C18H21NO8/c1-11(2)18(26)27-14-5-3-12(4-6-14)7-13(8-15(20)21)19(9-16(22)23)10-17(24)25/h3-6,13H,1,7-10H2,2H3,(H,20,21)(H,22,23)(H,24,25). The van der Waals surface area contributed by atoms with Gasteiger partial charge < -0.3 is 20.1 Å². The highest BCUT2D eigenvalue weighted by molar-refractivity contribution is 5.88. The molecular weight excluding hydrogens is 358 g/mol. The average molecular weight is 379 g/mol. The number of carboxylic acid groups (broad SMARTS) is 3. The van der Waals surface area contributed by atoms with Crippen LogP contribution in [0.2, 0.25) is 0 Å². The van der Waals surface area contributed by atoms with Crippen LogP contribution in [0.5, 0.6) is 5.75 Å². The van der Waals surface area contributed by atoms with E-state index in [0.29, 0.717) is 5.56 Å². The number of benzene rings is 1. The quantitative estimate of drug-likeness (QED) is 0.292. The van der Waals surface area contributed by atoms with Crippen molar-refractivity contribution >= 4 is 23.9 Å². The second-order valence-electron chi connectivity index (χ2n) is 5.96. The van der Waals surface area contributed by atoms with Crippen LogP contribution in [0.15, 0.2) is 36.4 Å². The van der Waals surface area contributed by atoms with Gasteiger partial charge in [0.05, 0.1) is 19.5 Å². The molecule has 1 aromatic carbocycles. The molecule has 1 unspecified atom stereocenters. The Kier molecular flexibility index (Phi) is 8.15. The Morgan fingerprint density at radius 1 is 1.00 bits per heavy atom. The van der Waals surface area contributed by atoms with Gasteiger partial charge in [-0.15, -0.1) is 0 Å². The van der Waals surface area contributed by atoms with Crippen molar-refractivity contribution in [2.75, 3.05) is 13.1 Å². The first-order valence-corrected chi connectivity index (χ1v) is 7.94. The molecule has 0 aliphatic carbocycles. The second kappa shape index (κ2) is 10.1. The summed E-state index contributed by atoms with van der Waals surface area (Å²) in [5.74, 6) is -4.00. The van der Waals surface area contributed by atoms with Crippen molar-refractivity contribution in [3.63, 3.8) is 0 Å². The number of esters is 1. The number of ether oxygens (including phenoxy) is 1. The van der Waals surface area contributed by atoms with Crippen LogP contribution < -0.4 is 4.74 Å². The lowest BCUT2D eigenvalue weighted by molar-refractivity contribution is -0.146. The van der Waals surface area contributed by atoms with Crippen LogP contribution in [0.25, 0.3) is 0 Å². The average Bonchev–Trinajstić information content (AvgIpc) is 2.54. The molecule has 0 aliphatic rings. The van der Waals surface area contributed by atoms with Crippen LogP contribution in [-0.4, -0.2) is 63.2 Å². The zero-order valence-corrected chi connectivity index (χ0v) is 14.8. The van der Waals surface area contributed by atoms with Crippen molar-refractivity contribution in [3.05, 3.63) is 42.0 Å². The third-order valence-electron chi connectivity index (χ3n) is 3.56. The predicted octanol–water partition coefficient (Wildman–Crippen LogP) is 1.03. The molecule has 0 radical (unpaired) electrons. The van der Waals surface area contributed by atoms with E-state index in [-0.39, 0.29) is 17.7 Å². The fraction of sp³-hybridized carbons (Fsp3) is 0.333. The summed E-state index contributed by atoms with van der Waals surface area (Å²) < 4.78 is 5.05. The molecule has 9 heteroatoms. The van der Waals surface area contributed by atoms with E-state index in [1.54, 1.807) is 12.1 Å².